The molecule has 0 spiro atoms. The third-order valence-electron chi connectivity index (χ3n) is 4.28. The second-order valence-corrected chi connectivity index (χ2v) is 7.80. The van der Waals surface area contributed by atoms with Gasteiger partial charge in [0.15, 0.2) is 5.75 Å². The first-order valence-electron chi connectivity index (χ1n) is 8.08. The average molecular weight is 380 g/mol. The average Bonchev–Trinajstić information content (AvgIpc) is 2.65. The quantitative estimate of drug-likeness (QED) is 0.425. The first kappa shape index (κ1) is 19.1. The van der Waals surface area contributed by atoms with Gasteiger partial charge in [-0.1, -0.05) is 40.9 Å². The number of fused-ring (bicyclic) bond motifs is 1. The summed E-state index contributed by atoms with van der Waals surface area (Å²) >= 11 is 0. The van der Waals surface area contributed by atoms with E-state index in [1.165, 1.54) is 6.07 Å². The molecule has 0 aliphatic rings. The van der Waals surface area contributed by atoms with Crippen molar-refractivity contribution in [2.75, 3.05) is 7.11 Å². The minimum atomic E-state index is -4.15. The summed E-state index contributed by atoms with van der Waals surface area (Å²) in [5.41, 5.74) is 2.50. The molecule has 2 radical (unpaired) electrons. The number of rotatable bonds is 4. The van der Waals surface area contributed by atoms with Crippen LogP contribution in [0.15, 0.2) is 57.6 Å². The fraction of sp³-hybridized carbons (Fsp3) is 0.158. The molecule has 0 fully saturated rings. The molecule has 3 rings (SSSR count). The molecule has 1 N–H and O–H groups in total. The van der Waals surface area contributed by atoms with E-state index in [0.717, 1.165) is 18.2 Å². The van der Waals surface area contributed by atoms with E-state index in [1.807, 2.05) is 19.1 Å². The maximum atomic E-state index is 12.4. The van der Waals surface area contributed by atoms with E-state index < -0.39 is 10.1 Å². The van der Waals surface area contributed by atoms with Gasteiger partial charge in [-0.15, -0.1) is 5.11 Å². The third kappa shape index (κ3) is 3.58. The number of hydrogen-bond acceptors (Lipinski definition) is 6. The maximum Gasteiger partial charge on any atom is 0.299 e. The van der Waals surface area contributed by atoms with Gasteiger partial charge in [-0.2, -0.15) is 13.5 Å². The fourth-order valence-corrected chi connectivity index (χ4v) is 3.46. The number of hydrogen-bond donors (Lipinski definition) is 1. The zero-order chi connectivity index (χ0) is 19.8. The number of nitrogens with zero attached hydrogens (tertiary/aromatic N) is 2. The highest BCUT2D eigenvalue weighted by atomic mass is 32.2. The second kappa shape index (κ2) is 7.13. The minimum Gasteiger partial charge on any atom is -0.505 e. The molecule has 0 heterocycles. The van der Waals surface area contributed by atoms with Gasteiger partial charge in [-0.25, -0.2) is 0 Å². The van der Waals surface area contributed by atoms with Crippen LogP contribution in [0, 0.1) is 13.8 Å². The Kier molecular flexibility index (Phi) is 5.04. The monoisotopic (exact) mass is 380 g/mol. The summed E-state index contributed by atoms with van der Waals surface area (Å²) in [4.78, 5) is -0.303. The molecule has 0 aliphatic carbocycles. The number of phenols is 1. The molecule has 0 saturated carbocycles. The van der Waals surface area contributed by atoms with Crippen molar-refractivity contribution in [1.82, 2.24) is 0 Å². The lowest BCUT2D eigenvalue weighted by Gasteiger charge is -2.13. The zero-order valence-corrected chi connectivity index (χ0v) is 15.9. The van der Waals surface area contributed by atoms with Crippen LogP contribution in [0.3, 0.4) is 0 Å². The normalized spacial score (nSPS) is 12.1. The van der Waals surface area contributed by atoms with Gasteiger partial charge >= 0.3 is 0 Å². The van der Waals surface area contributed by atoms with Crippen molar-refractivity contribution in [3.05, 3.63) is 53.6 Å². The van der Waals surface area contributed by atoms with Gasteiger partial charge < -0.3 is 5.11 Å². The molecule has 0 aromatic heterocycles. The first-order chi connectivity index (χ1) is 12.7. The molecule has 3 aromatic rings. The molecule has 6 nitrogen and oxygen atoms in total. The predicted octanol–water partition coefficient (Wildman–Crippen LogP) is 3.71. The third-order valence-corrected chi connectivity index (χ3v) is 5.57. The number of aryl methyl sites for hydroxylation is 2. The van der Waals surface area contributed by atoms with Crippen molar-refractivity contribution >= 4 is 45.6 Å². The lowest BCUT2D eigenvalue weighted by molar-refractivity contribution is 0.397. The molecule has 8 heteroatoms. The van der Waals surface area contributed by atoms with Gasteiger partial charge in [0.05, 0.1) is 12.8 Å². The van der Waals surface area contributed by atoms with Crippen LogP contribution in [0.25, 0.3) is 10.8 Å². The standard InChI is InChI=1S/C19H17BN2O4S/c1-11-4-7-13(8-5-11)21-22-18-16(27(24,25)26-3)10-15-14(19(18)23)9-6-12(2)17(15)20/h4-10,23H,1-3H3. The minimum absolute atomic E-state index is 0.201. The highest BCUT2D eigenvalue weighted by Gasteiger charge is 2.24. The summed E-state index contributed by atoms with van der Waals surface area (Å²) in [6, 6.07) is 11.9. The van der Waals surface area contributed by atoms with E-state index in [2.05, 4.69) is 14.4 Å². The SMILES string of the molecule is [B]c1c(C)ccc2c(O)c(N=Nc3ccc(C)cc3)c(S(=O)(=O)OC)cc12. The zero-order valence-electron chi connectivity index (χ0n) is 15.1. The molecular formula is C19H17BN2O4S. The van der Waals surface area contributed by atoms with Gasteiger partial charge in [-0.3, -0.25) is 4.18 Å². The van der Waals surface area contributed by atoms with Gasteiger partial charge in [0, 0.05) is 5.39 Å². The lowest BCUT2D eigenvalue weighted by atomic mass is 9.85. The van der Waals surface area contributed by atoms with Crippen molar-refractivity contribution in [3.63, 3.8) is 0 Å². The summed E-state index contributed by atoms with van der Waals surface area (Å²) in [6.07, 6.45) is 0. The molecule has 3 aromatic carbocycles. The Morgan fingerprint density at radius 2 is 1.67 bits per heavy atom. The van der Waals surface area contributed by atoms with Gasteiger partial charge in [-0.05, 0) is 37.4 Å². The molecule has 0 amide bonds. The van der Waals surface area contributed by atoms with Crippen molar-refractivity contribution < 1.29 is 17.7 Å². The van der Waals surface area contributed by atoms with E-state index in [4.69, 9.17) is 7.85 Å². The summed E-state index contributed by atoms with van der Waals surface area (Å²) in [6.45, 7) is 3.73. The van der Waals surface area contributed by atoms with Gasteiger partial charge in [0.2, 0.25) is 0 Å². The molecule has 27 heavy (non-hydrogen) atoms. The van der Waals surface area contributed by atoms with E-state index >= 15 is 0 Å². The molecule has 0 bridgehead atoms. The van der Waals surface area contributed by atoms with E-state index in [-0.39, 0.29) is 16.3 Å². The molecular weight excluding hydrogens is 363 g/mol. The van der Waals surface area contributed by atoms with Crippen LogP contribution >= 0.6 is 0 Å². The highest BCUT2D eigenvalue weighted by Crippen LogP contribution is 2.41. The largest absolute Gasteiger partial charge is 0.505 e. The summed E-state index contributed by atoms with van der Waals surface area (Å²) in [7, 11) is 2.96. The molecule has 136 valence electrons. The Hall–Kier alpha value is -2.71. The number of azo groups is 1. The second-order valence-electron chi connectivity index (χ2n) is 6.12. The highest BCUT2D eigenvalue weighted by molar-refractivity contribution is 7.87. The van der Waals surface area contributed by atoms with Crippen LogP contribution in [0.1, 0.15) is 11.1 Å². The molecule has 0 unspecified atom stereocenters. The van der Waals surface area contributed by atoms with Crippen LogP contribution in [0.4, 0.5) is 11.4 Å². The van der Waals surface area contributed by atoms with E-state index in [1.54, 1.807) is 31.2 Å². The number of phenolic OH excluding ortho intramolecular Hbond substituents is 1. The number of aromatic hydroxyl groups is 1. The molecule has 0 atom stereocenters. The summed E-state index contributed by atoms with van der Waals surface area (Å²) in [5.74, 6) is -0.328. The van der Waals surface area contributed by atoms with Crippen LogP contribution in [-0.4, -0.2) is 28.5 Å². The van der Waals surface area contributed by atoms with Crippen LogP contribution < -0.4 is 5.46 Å². The van der Waals surface area contributed by atoms with Crippen molar-refractivity contribution in [1.29, 1.82) is 0 Å². The van der Waals surface area contributed by atoms with Crippen molar-refractivity contribution in [3.8, 4) is 5.75 Å². The van der Waals surface area contributed by atoms with Gasteiger partial charge in [0.25, 0.3) is 10.1 Å². The Balaban J connectivity index is 2.29. The van der Waals surface area contributed by atoms with Crippen LogP contribution in [0.5, 0.6) is 5.75 Å². The predicted molar refractivity (Wildman–Crippen MR) is 105 cm³/mol. The van der Waals surface area contributed by atoms with Crippen molar-refractivity contribution in [2.24, 2.45) is 10.2 Å². The molecule has 0 aliphatic heterocycles. The van der Waals surface area contributed by atoms with Gasteiger partial charge in [0.1, 0.15) is 18.4 Å². The van der Waals surface area contributed by atoms with E-state index in [9.17, 15) is 13.5 Å². The topological polar surface area (TPSA) is 88.3 Å². The Bertz CT molecular complexity index is 1160. The van der Waals surface area contributed by atoms with Crippen LogP contribution in [0.2, 0.25) is 0 Å². The first-order valence-corrected chi connectivity index (χ1v) is 9.49. The van der Waals surface area contributed by atoms with E-state index in [0.29, 0.717) is 21.9 Å². The Morgan fingerprint density at radius 3 is 2.30 bits per heavy atom. The fourth-order valence-electron chi connectivity index (χ4n) is 2.65. The summed E-state index contributed by atoms with van der Waals surface area (Å²) in [5, 5.41) is 19.5. The van der Waals surface area contributed by atoms with Crippen molar-refractivity contribution in [2.45, 2.75) is 18.7 Å². The smallest absolute Gasteiger partial charge is 0.299 e. The Labute approximate surface area is 159 Å². The number of benzene rings is 3. The maximum absolute atomic E-state index is 12.4. The van der Waals surface area contributed by atoms with Crippen LogP contribution in [-0.2, 0) is 14.3 Å². The molecule has 0 saturated heterocycles. The lowest BCUT2D eigenvalue weighted by Crippen LogP contribution is -2.10. The Morgan fingerprint density at radius 1 is 1.00 bits per heavy atom. The summed E-state index contributed by atoms with van der Waals surface area (Å²) < 4.78 is 29.4.